The van der Waals surface area contributed by atoms with Gasteiger partial charge in [0.05, 0.1) is 5.69 Å². The Morgan fingerprint density at radius 3 is 2.66 bits per heavy atom. The molecule has 4 rings (SSSR count). The van der Waals surface area contributed by atoms with Crippen LogP contribution in [0, 0.1) is 0 Å². The summed E-state index contributed by atoms with van der Waals surface area (Å²) in [5.41, 5.74) is 8.07. The van der Waals surface area contributed by atoms with Crippen molar-refractivity contribution >= 4 is 23.0 Å². The first kappa shape index (κ1) is 18.2. The van der Waals surface area contributed by atoms with Crippen molar-refractivity contribution in [3.63, 3.8) is 0 Å². The average Bonchev–Trinajstić information content (AvgIpc) is 3.06. The molecule has 0 fully saturated rings. The van der Waals surface area contributed by atoms with Crippen LogP contribution in [0.4, 0.5) is 10.2 Å². The van der Waals surface area contributed by atoms with Crippen molar-refractivity contribution in [3.05, 3.63) is 42.9 Å². The second kappa shape index (κ2) is 7.46. The van der Waals surface area contributed by atoms with E-state index in [1.807, 2.05) is 0 Å². The highest BCUT2D eigenvalue weighted by Gasteiger charge is 2.20. The van der Waals surface area contributed by atoms with Crippen molar-refractivity contribution in [2.45, 2.75) is 6.92 Å². The summed E-state index contributed by atoms with van der Waals surface area (Å²) >= 11 is 0. The van der Waals surface area contributed by atoms with E-state index in [0.29, 0.717) is 16.8 Å². The van der Waals surface area contributed by atoms with Gasteiger partial charge in [-0.1, -0.05) is 0 Å². The van der Waals surface area contributed by atoms with E-state index in [0.717, 1.165) is 4.73 Å². The molecule has 4 aromatic rings. The molecule has 0 bridgehead atoms. The molecule has 11 heteroatoms. The van der Waals surface area contributed by atoms with E-state index in [1.54, 1.807) is 18.2 Å². The Bertz CT molecular complexity index is 1190. The van der Waals surface area contributed by atoms with Gasteiger partial charge in [-0.3, -0.25) is 0 Å². The standard InChI is InChI=1S/C18H14FN7O3/c1-10(27)29-26-17-13(25-18(26)15-16(20)22-7-6-21-15)4-3-12(24-17)11-2-5-14(23-8-11)28-9-19/h2-8H,9H2,1H3,(H2,20,22). The first-order valence-electron chi connectivity index (χ1n) is 8.37. The molecule has 0 aliphatic carbocycles. The predicted molar refractivity (Wildman–Crippen MR) is 100 cm³/mol. The summed E-state index contributed by atoms with van der Waals surface area (Å²) in [5.74, 6) is -0.100. The molecule has 0 atom stereocenters. The first-order chi connectivity index (χ1) is 14.1. The van der Waals surface area contributed by atoms with Crippen LogP contribution in [0.25, 0.3) is 33.9 Å². The van der Waals surface area contributed by atoms with E-state index in [2.05, 4.69) is 24.9 Å². The maximum atomic E-state index is 12.3. The molecule has 0 radical (unpaired) electrons. The minimum Gasteiger partial charge on any atom is -0.446 e. The monoisotopic (exact) mass is 395 g/mol. The second-order valence-corrected chi connectivity index (χ2v) is 5.78. The number of nitrogen functional groups attached to an aromatic ring is 1. The first-order valence-corrected chi connectivity index (χ1v) is 8.37. The maximum Gasteiger partial charge on any atom is 0.330 e. The number of halogens is 1. The third-order valence-corrected chi connectivity index (χ3v) is 3.86. The molecule has 146 valence electrons. The molecule has 0 aliphatic heterocycles. The lowest BCUT2D eigenvalue weighted by Crippen LogP contribution is -2.18. The highest BCUT2D eigenvalue weighted by molar-refractivity contribution is 5.81. The molecule has 0 aromatic carbocycles. The van der Waals surface area contributed by atoms with Gasteiger partial charge in [-0.2, -0.15) is 0 Å². The third-order valence-electron chi connectivity index (χ3n) is 3.86. The van der Waals surface area contributed by atoms with Gasteiger partial charge in [0, 0.05) is 37.1 Å². The van der Waals surface area contributed by atoms with Crippen LogP contribution < -0.4 is 15.3 Å². The van der Waals surface area contributed by atoms with Crippen molar-refractivity contribution in [1.82, 2.24) is 29.7 Å². The highest BCUT2D eigenvalue weighted by Crippen LogP contribution is 2.27. The van der Waals surface area contributed by atoms with Crippen molar-refractivity contribution in [1.29, 1.82) is 0 Å². The average molecular weight is 395 g/mol. The summed E-state index contributed by atoms with van der Waals surface area (Å²) in [5, 5.41) is 0. The fourth-order valence-electron chi connectivity index (χ4n) is 2.66. The van der Waals surface area contributed by atoms with Gasteiger partial charge in [0.2, 0.25) is 18.6 Å². The number of fused-ring (bicyclic) bond motifs is 1. The number of rotatable bonds is 5. The summed E-state index contributed by atoms with van der Waals surface area (Å²) in [6.45, 7) is 0.291. The van der Waals surface area contributed by atoms with Crippen LogP contribution in [0.3, 0.4) is 0 Å². The minimum atomic E-state index is -0.966. The fourth-order valence-corrected chi connectivity index (χ4v) is 2.66. The van der Waals surface area contributed by atoms with Gasteiger partial charge >= 0.3 is 5.97 Å². The van der Waals surface area contributed by atoms with Gasteiger partial charge in [-0.05, 0) is 18.2 Å². The Morgan fingerprint density at radius 1 is 1.14 bits per heavy atom. The topological polar surface area (TPSA) is 131 Å². The number of nitrogens with two attached hydrogens (primary N) is 1. The molecule has 0 saturated heterocycles. The second-order valence-electron chi connectivity index (χ2n) is 5.78. The molecule has 0 unspecified atom stereocenters. The SMILES string of the molecule is CC(=O)On1c(-c2nccnc2N)nc2ccc(-c3ccc(OCF)nc3)nc21. The lowest BCUT2D eigenvalue weighted by Gasteiger charge is -2.08. The van der Waals surface area contributed by atoms with E-state index >= 15 is 0 Å². The summed E-state index contributed by atoms with van der Waals surface area (Å²) < 4.78 is 18.1. The Balaban J connectivity index is 1.85. The minimum absolute atomic E-state index is 0.129. The van der Waals surface area contributed by atoms with Gasteiger partial charge in [-0.25, -0.2) is 34.1 Å². The van der Waals surface area contributed by atoms with E-state index in [-0.39, 0.29) is 28.9 Å². The Morgan fingerprint density at radius 2 is 1.97 bits per heavy atom. The van der Waals surface area contributed by atoms with Crippen molar-refractivity contribution in [2.24, 2.45) is 0 Å². The van der Waals surface area contributed by atoms with Crippen LogP contribution in [-0.4, -0.2) is 42.5 Å². The summed E-state index contributed by atoms with van der Waals surface area (Å²) in [4.78, 5) is 38.1. The lowest BCUT2D eigenvalue weighted by atomic mass is 10.2. The predicted octanol–water partition coefficient (Wildman–Crippen LogP) is 1.81. The molecule has 29 heavy (non-hydrogen) atoms. The largest absolute Gasteiger partial charge is 0.446 e. The molecule has 0 spiro atoms. The maximum absolute atomic E-state index is 12.3. The van der Waals surface area contributed by atoms with E-state index in [9.17, 15) is 9.18 Å². The van der Waals surface area contributed by atoms with Crippen LogP contribution in [-0.2, 0) is 4.79 Å². The van der Waals surface area contributed by atoms with Crippen molar-refractivity contribution < 1.29 is 18.8 Å². The molecule has 4 aromatic heterocycles. The van der Waals surface area contributed by atoms with Gasteiger partial charge in [0.1, 0.15) is 5.52 Å². The summed E-state index contributed by atoms with van der Waals surface area (Å²) in [6, 6.07) is 6.64. The smallest absolute Gasteiger partial charge is 0.330 e. The molecule has 10 nitrogen and oxygen atoms in total. The number of imidazole rings is 1. The Labute approximate surface area is 163 Å². The number of ether oxygens (including phenoxy) is 1. The zero-order valence-electron chi connectivity index (χ0n) is 15.1. The number of nitrogens with zero attached hydrogens (tertiary/aromatic N) is 6. The number of pyridine rings is 2. The van der Waals surface area contributed by atoms with Gasteiger partial charge < -0.3 is 15.3 Å². The van der Waals surface area contributed by atoms with E-state index < -0.39 is 12.8 Å². The van der Waals surface area contributed by atoms with Gasteiger partial charge in [0.15, 0.2) is 17.2 Å². The Kier molecular flexibility index (Phi) is 4.69. The van der Waals surface area contributed by atoms with Crippen LogP contribution in [0.1, 0.15) is 6.92 Å². The fraction of sp³-hybridized carbons (Fsp3) is 0.111. The van der Waals surface area contributed by atoms with Crippen molar-refractivity contribution in [3.8, 4) is 28.7 Å². The number of alkyl halides is 1. The number of anilines is 1. The number of carbonyl (C=O) groups excluding carboxylic acids is 1. The number of carbonyl (C=O) groups is 1. The highest BCUT2D eigenvalue weighted by atomic mass is 19.1. The number of hydrogen-bond donors (Lipinski definition) is 1. The molecular weight excluding hydrogens is 381 g/mol. The molecule has 0 saturated carbocycles. The summed E-state index contributed by atoms with van der Waals surface area (Å²) in [7, 11) is 0. The molecule has 0 aliphatic rings. The lowest BCUT2D eigenvalue weighted by molar-refractivity contribution is -0.140. The van der Waals surface area contributed by atoms with Crippen LogP contribution >= 0.6 is 0 Å². The Hall–Kier alpha value is -4.15. The van der Waals surface area contributed by atoms with Crippen LogP contribution in [0.5, 0.6) is 5.88 Å². The van der Waals surface area contributed by atoms with Crippen LogP contribution in [0.15, 0.2) is 42.9 Å². The van der Waals surface area contributed by atoms with Crippen LogP contribution in [0.2, 0.25) is 0 Å². The molecular formula is C18H14FN7O3. The van der Waals surface area contributed by atoms with Crippen molar-refractivity contribution in [2.75, 3.05) is 12.6 Å². The number of aromatic nitrogens is 6. The van der Waals surface area contributed by atoms with E-state index in [4.69, 9.17) is 15.3 Å². The third kappa shape index (κ3) is 3.52. The zero-order valence-corrected chi connectivity index (χ0v) is 15.1. The molecule has 2 N–H and O–H groups in total. The summed E-state index contributed by atoms with van der Waals surface area (Å²) in [6.07, 6.45) is 4.39. The number of hydrogen-bond acceptors (Lipinski definition) is 9. The molecule has 4 heterocycles. The quantitative estimate of drug-likeness (QED) is 0.537. The molecule has 0 amide bonds. The van der Waals surface area contributed by atoms with Gasteiger partial charge in [0.25, 0.3) is 0 Å². The van der Waals surface area contributed by atoms with E-state index in [1.165, 1.54) is 31.6 Å². The van der Waals surface area contributed by atoms with Gasteiger partial charge in [-0.15, -0.1) is 4.73 Å². The zero-order chi connectivity index (χ0) is 20.4. The normalized spacial score (nSPS) is 10.8.